The van der Waals surface area contributed by atoms with Gasteiger partial charge in [0, 0.05) is 19.8 Å². The summed E-state index contributed by atoms with van der Waals surface area (Å²) in [5, 5.41) is 5.12. The van der Waals surface area contributed by atoms with E-state index in [1.54, 1.807) is 18.2 Å². The molecule has 0 heterocycles. The molecule has 2 N–H and O–H groups in total. The molecule has 28 heavy (non-hydrogen) atoms. The molecule has 0 fully saturated rings. The van der Waals surface area contributed by atoms with E-state index in [4.69, 9.17) is 4.74 Å². The Kier molecular flexibility index (Phi) is 7.68. The number of nitrogens with one attached hydrogen (secondary N) is 2. The molecule has 2 amide bonds. The third-order valence-electron chi connectivity index (χ3n) is 4.16. The Morgan fingerprint density at radius 1 is 0.929 bits per heavy atom. The number of rotatable bonds is 8. The first-order valence-corrected chi connectivity index (χ1v) is 8.83. The Morgan fingerprint density at radius 2 is 1.57 bits per heavy atom. The number of carbonyl (C=O) groups is 3. The monoisotopic (exact) mass is 386 g/mol. The summed E-state index contributed by atoms with van der Waals surface area (Å²) < 4.78 is 18.7. The number of amides is 2. The molecule has 0 bridgehead atoms. The smallest absolute Gasteiger partial charge is 0.328 e. The molecule has 2 aromatic carbocycles. The average molecular weight is 386 g/mol. The number of benzene rings is 2. The van der Waals surface area contributed by atoms with Crippen molar-refractivity contribution in [2.45, 2.75) is 31.8 Å². The lowest BCUT2D eigenvalue weighted by atomic mass is 10.0. The Balaban J connectivity index is 2.17. The molecule has 0 aliphatic rings. The molecular weight excluding hydrogens is 363 g/mol. The fraction of sp³-hybridized carbons (Fsp3) is 0.286. The lowest BCUT2D eigenvalue weighted by molar-refractivity contribution is -0.145. The fourth-order valence-electron chi connectivity index (χ4n) is 2.80. The van der Waals surface area contributed by atoms with E-state index in [-0.39, 0.29) is 18.4 Å². The largest absolute Gasteiger partial charge is 0.467 e. The zero-order chi connectivity index (χ0) is 20.5. The molecule has 0 aliphatic carbocycles. The lowest BCUT2D eigenvalue weighted by Gasteiger charge is -2.22. The van der Waals surface area contributed by atoms with Gasteiger partial charge in [-0.05, 0) is 17.2 Å². The molecule has 2 aromatic rings. The van der Waals surface area contributed by atoms with Gasteiger partial charge >= 0.3 is 5.97 Å². The zero-order valence-electron chi connectivity index (χ0n) is 15.8. The van der Waals surface area contributed by atoms with Crippen molar-refractivity contribution >= 4 is 17.8 Å². The topological polar surface area (TPSA) is 84.5 Å². The van der Waals surface area contributed by atoms with Crippen molar-refractivity contribution in [2.75, 3.05) is 7.11 Å². The maximum absolute atomic E-state index is 14.0. The SMILES string of the molecule is COC(=O)[C@@H](Cc1ccccc1)NC(=O)[C@@H](Cc1ccccc1F)NC(C)=O. The molecule has 148 valence electrons. The van der Waals surface area contributed by atoms with Gasteiger partial charge in [0.1, 0.15) is 17.9 Å². The van der Waals surface area contributed by atoms with E-state index >= 15 is 0 Å². The predicted octanol–water partition coefficient (Wildman–Crippen LogP) is 1.77. The first kappa shape index (κ1) is 21.1. The molecule has 0 saturated heterocycles. The van der Waals surface area contributed by atoms with E-state index < -0.39 is 35.7 Å². The summed E-state index contributed by atoms with van der Waals surface area (Å²) in [6.07, 6.45) is 0.184. The molecule has 2 atom stereocenters. The summed E-state index contributed by atoms with van der Waals surface area (Å²) in [6, 6.07) is 13.2. The molecule has 0 aliphatic heterocycles. The second-order valence-electron chi connectivity index (χ2n) is 6.32. The van der Waals surface area contributed by atoms with Crippen molar-refractivity contribution < 1.29 is 23.5 Å². The van der Waals surface area contributed by atoms with Crippen LogP contribution in [0.2, 0.25) is 0 Å². The molecule has 6 nitrogen and oxygen atoms in total. The number of ether oxygens (including phenoxy) is 1. The van der Waals surface area contributed by atoms with Gasteiger partial charge in [0.2, 0.25) is 11.8 Å². The van der Waals surface area contributed by atoms with E-state index in [1.165, 1.54) is 20.1 Å². The Morgan fingerprint density at radius 3 is 2.18 bits per heavy atom. The fourth-order valence-corrected chi connectivity index (χ4v) is 2.80. The van der Waals surface area contributed by atoms with Crippen LogP contribution in [0.4, 0.5) is 4.39 Å². The standard InChI is InChI=1S/C21H23FN2O4/c1-14(25)23-18(13-16-10-6-7-11-17(16)22)20(26)24-19(21(27)28-2)12-15-8-4-3-5-9-15/h3-11,18-19H,12-13H2,1-2H3,(H,23,25)(H,24,26)/t18-,19-/m1/s1. The Labute approximate surface area is 163 Å². The zero-order valence-corrected chi connectivity index (χ0v) is 15.8. The number of hydrogen-bond donors (Lipinski definition) is 2. The van der Waals surface area contributed by atoms with Crippen molar-refractivity contribution in [3.05, 3.63) is 71.5 Å². The van der Waals surface area contributed by atoms with Crippen LogP contribution >= 0.6 is 0 Å². The van der Waals surface area contributed by atoms with Crippen LogP contribution in [0.3, 0.4) is 0 Å². The summed E-state index contributed by atoms with van der Waals surface area (Å²) in [5.41, 5.74) is 1.12. The van der Waals surface area contributed by atoms with Crippen molar-refractivity contribution in [2.24, 2.45) is 0 Å². The predicted molar refractivity (Wildman–Crippen MR) is 102 cm³/mol. The summed E-state index contributed by atoms with van der Waals surface area (Å²) in [5.74, 6) is -2.11. The first-order chi connectivity index (χ1) is 13.4. The van der Waals surface area contributed by atoms with Crippen molar-refractivity contribution in [3.63, 3.8) is 0 Å². The van der Waals surface area contributed by atoms with Gasteiger partial charge in [-0.25, -0.2) is 9.18 Å². The third kappa shape index (κ3) is 6.19. The molecule has 0 unspecified atom stereocenters. The summed E-state index contributed by atoms with van der Waals surface area (Å²) in [6.45, 7) is 1.27. The second kappa shape index (κ2) is 10.2. The van der Waals surface area contributed by atoms with Crippen LogP contribution in [0.1, 0.15) is 18.1 Å². The third-order valence-corrected chi connectivity index (χ3v) is 4.16. The van der Waals surface area contributed by atoms with Gasteiger partial charge < -0.3 is 15.4 Å². The van der Waals surface area contributed by atoms with Gasteiger partial charge in [0.05, 0.1) is 7.11 Å². The van der Waals surface area contributed by atoms with E-state index in [0.717, 1.165) is 5.56 Å². The maximum Gasteiger partial charge on any atom is 0.328 e. The van der Waals surface area contributed by atoms with Crippen LogP contribution in [0.25, 0.3) is 0 Å². The van der Waals surface area contributed by atoms with E-state index in [9.17, 15) is 18.8 Å². The van der Waals surface area contributed by atoms with Crippen molar-refractivity contribution in [1.29, 1.82) is 0 Å². The maximum atomic E-state index is 14.0. The highest BCUT2D eigenvalue weighted by Crippen LogP contribution is 2.11. The number of carbonyl (C=O) groups excluding carboxylic acids is 3. The minimum absolute atomic E-state index is 0.0443. The van der Waals surface area contributed by atoms with E-state index in [0.29, 0.717) is 0 Å². The van der Waals surface area contributed by atoms with Gasteiger partial charge in [0.25, 0.3) is 0 Å². The molecule has 0 saturated carbocycles. The minimum Gasteiger partial charge on any atom is -0.467 e. The van der Waals surface area contributed by atoms with Crippen LogP contribution in [-0.2, 0) is 32.0 Å². The first-order valence-electron chi connectivity index (χ1n) is 8.83. The van der Waals surface area contributed by atoms with E-state index in [2.05, 4.69) is 10.6 Å². The highest BCUT2D eigenvalue weighted by atomic mass is 19.1. The molecular formula is C21H23FN2O4. The van der Waals surface area contributed by atoms with Gasteiger partial charge in [-0.15, -0.1) is 0 Å². The van der Waals surface area contributed by atoms with Crippen LogP contribution in [0.15, 0.2) is 54.6 Å². The number of methoxy groups -OCH3 is 1. The Hall–Kier alpha value is -3.22. The van der Waals surface area contributed by atoms with Crippen molar-refractivity contribution in [3.8, 4) is 0 Å². The quantitative estimate of drug-likeness (QED) is 0.678. The van der Waals surface area contributed by atoms with Crippen LogP contribution in [0.5, 0.6) is 0 Å². The lowest BCUT2D eigenvalue weighted by Crippen LogP contribution is -2.53. The molecule has 0 aromatic heterocycles. The van der Waals surface area contributed by atoms with Gasteiger partial charge in [-0.3, -0.25) is 9.59 Å². The minimum atomic E-state index is -1.03. The van der Waals surface area contributed by atoms with Crippen LogP contribution in [0, 0.1) is 5.82 Å². The molecule has 0 spiro atoms. The van der Waals surface area contributed by atoms with Gasteiger partial charge in [0.15, 0.2) is 0 Å². The van der Waals surface area contributed by atoms with Crippen molar-refractivity contribution in [1.82, 2.24) is 10.6 Å². The summed E-state index contributed by atoms with van der Waals surface area (Å²) in [4.78, 5) is 36.4. The number of halogens is 1. The van der Waals surface area contributed by atoms with Crippen LogP contribution in [-0.4, -0.2) is 37.0 Å². The molecule has 0 radical (unpaired) electrons. The normalized spacial score (nSPS) is 12.5. The number of hydrogen-bond acceptors (Lipinski definition) is 4. The van der Waals surface area contributed by atoms with Gasteiger partial charge in [-0.2, -0.15) is 0 Å². The summed E-state index contributed by atoms with van der Waals surface area (Å²) >= 11 is 0. The number of esters is 1. The van der Waals surface area contributed by atoms with Crippen LogP contribution < -0.4 is 10.6 Å². The molecule has 2 rings (SSSR count). The Bertz CT molecular complexity index is 826. The van der Waals surface area contributed by atoms with E-state index in [1.807, 2.05) is 30.3 Å². The highest BCUT2D eigenvalue weighted by Gasteiger charge is 2.27. The molecule has 7 heteroatoms. The van der Waals surface area contributed by atoms with Gasteiger partial charge in [-0.1, -0.05) is 48.5 Å². The summed E-state index contributed by atoms with van der Waals surface area (Å²) in [7, 11) is 1.23. The second-order valence-corrected chi connectivity index (χ2v) is 6.32. The highest BCUT2D eigenvalue weighted by molar-refractivity contribution is 5.90. The average Bonchev–Trinajstić information content (AvgIpc) is 2.68.